The summed E-state index contributed by atoms with van der Waals surface area (Å²) in [5.74, 6) is 0.927. The zero-order valence-electron chi connectivity index (χ0n) is 15.7. The van der Waals surface area contributed by atoms with Gasteiger partial charge in [-0.15, -0.1) is 0 Å². The number of halogens is 4. The van der Waals surface area contributed by atoms with E-state index in [1.165, 1.54) is 18.5 Å². The van der Waals surface area contributed by atoms with Crippen LogP contribution in [0, 0.1) is 0 Å². The molecule has 1 unspecified atom stereocenters. The average molecular weight is 450 g/mol. The minimum atomic E-state index is -4.68. The summed E-state index contributed by atoms with van der Waals surface area (Å²) in [7, 11) is -1.30. The van der Waals surface area contributed by atoms with E-state index in [0.717, 1.165) is 12.1 Å². The molecule has 1 aliphatic rings. The fourth-order valence-electron chi connectivity index (χ4n) is 3.42. The molecule has 0 N–H and O–H groups in total. The van der Waals surface area contributed by atoms with Crippen molar-refractivity contribution in [1.82, 2.24) is 4.31 Å². The van der Waals surface area contributed by atoms with E-state index in [-0.39, 0.29) is 11.6 Å². The van der Waals surface area contributed by atoms with Crippen molar-refractivity contribution in [3.63, 3.8) is 0 Å². The average Bonchev–Trinajstić information content (AvgIpc) is 3.17. The lowest BCUT2D eigenvalue weighted by molar-refractivity contribution is -0.137. The maximum atomic E-state index is 13.2. The highest BCUT2D eigenvalue weighted by Crippen LogP contribution is 2.42. The van der Waals surface area contributed by atoms with E-state index in [4.69, 9.17) is 21.1 Å². The molecule has 1 heterocycles. The second kappa shape index (κ2) is 8.04. The number of ether oxygens (including phenoxy) is 2. The van der Waals surface area contributed by atoms with Crippen molar-refractivity contribution in [3.05, 3.63) is 52.5 Å². The molecule has 3 rings (SSSR count). The number of methoxy groups -OCH3 is 2. The largest absolute Gasteiger partial charge is 0.493 e. The number of hydrogen-bond donors (Lipinski definition) is 0. The summed E-state index contributed by atoms with van der Waals surface area (Å²) in [6.07, 6.45) is -3.59. The van der Waals surface area contributed by atoms with Gasteiger partial charge in [0.2, 0.25) is 10.0 Å². The van der Waals surface area contributed by atoms with Crippen LogP contribution in [0.4, 0.5) is 13.2 Å². The molecular formula is C19H19ClF3NO4S. The molecule has 0 spiro atoms. The van der Waals surface area contributed by atoms with Crippen molar-refractivity contribution in [2.75, 3.05) is 20.8 Å². The van der Waals surface area contributed by atoms with Crippen molar-refractivity contribution in [2.24, 2.45) is 0 Å². The molecule has 0 bridgehead atoms. The first-order valence-corrected chi connectivity index (χ1v) is 10.5. The number of nitrogens with zero attached hydrogens (tertiary/aromatic N) is 1. The predicted octanol–water partition coefficient (Wildman–Crippen LogP) is 4.90. The molecule has 1 saturated heterocycles. The fourth-order valence-corrected chi connectivity index (χ4v) is 5.61. The SMILES string of the molecule is COc1ccc(C2CCCN2S(=O)(=O)c2cc(C(F)(F)F)ccc2Cl)cc1OC. The highest BCUT2D eigenvalue weighted by Gasteiger charge is 2.39. The molecule has 2 aromatic rings. The lowest BCUT2D eigenvalue weighted by Gasteiger charge is -2.26. The van der Waals surface area contributed by atoms with Crippen molar-refractivity contribution < 1.29 is 31.1 Å². The highest BCUT2D eigenvalue weighted by atomic mass is 35.5. The quantitative estimate of drug-likeness (QED) is 0.651. The minimum Gasteiger partial charge on any atom is -0.493 e. The van der Waals surface area contributed by atoms with E-state index < -0.39 is 32.7 Å². The molecule has 1 fully saturated rings. The Morgan fingerprint density at radius 1 is 1.07 bits per heavy atom. The Morgan fingerprint density at radius 3 is 2.38 bits per heavy atom. The Bertz CT molecular complexity index is 1010. The summed E-state index contributed by atoms with van der Waals surface area (Å²) in [5, 5.41) is -0.254. The number of hydrogen-bond acceptors (Lipinski definition) is 4. The molecule has 1 atom stereocenters. The second-order valence-corrected chi connectivity index (χ2v) is 8.80. The number of alkyl halides is 3. The van der Waals surface area contributed by atoms with Crippen LogP contribution in [0.2, 0.25) is 5.02 Å². The molecule has 10 heteroatoms. The van der Waals surface area contributed by atoms with Crippen molar-refractivity contribution in [3.8, 4) is 11.5 Å². The number of benzene rings is 2. The molecule has 0 saturated carbocycles. The number of sulfonamides is 1. The van der Waals surface area contributed by atoms with Crippen LogP contribution in [-0.4, -0.2) is 33.5 Å². The molecule has 29 heavy (non-hydrogen) atoms. The van der Waals surface area contributed by atoms with Crippen LogP contribution in [0.25, 0.3) is 0 Å². The minimum absolute atomic E-state index is 0.175. The molecule has 158 valence electrons. The lowest BCUT2D eigenvalue weighted by Crippen LogP contribution is -2.31. The summed E-state index contributed by atoms with van der Waals surface area (Å²) in [6, 6.07) is 6.80. The monoisotopic (exact) mass is 449 g/mol. The van der Waals surface area contributed by atoms with Crippen LogP contribution < -0.4 is 9.47 Å². The molecule has 2 aromatic carbocycles. The topological polar surface area (TPSA) is 55.8 Å². The second-order valence-electron chi connectivity index (χ2n) is 6.53. The van der Waals surface area contributed by atoms with Gasteiger partial charge in [-0.3, -0.25) is 0 Å². The van der Waals surface area contributed by atoms with Gasteiger partial charge >= 0.3 is 6.18 Å². The van der Waals surface area contributed by atoms with Gasteiger partial charge in [0.25, 0.3) is 0 Å². The third-order valence-electron chi connectivity index (χ3n) is 4.84. The summed E-state index contributed by atoms with van der Waals surface area (Å²) in [6.45, 7) is 0.175. The predicted molar refractivity (Wildman–Crippen MR) is 102 cm³/mol. The first-order valence-electron chi connectivity index (χ1n) is 8.70. The van der Waals surface area contributed by atoms with E-state index in [9.17, 15) is 21.6 Å². The van der Waals surface area contributed by atoms with Gasteiger partial charge in [-0.25, -0.2) is 8.42 Å². The van der Waals surface area contributed by atoms with Gasteiger partial charge in [0.05, 0.1) is 30.8 Å². The van der Waals surface area contributed by atoms with Crippen LogP contribution in [0.1, 0.15) is 30.0 Å². The van der Waals surface area contributed by atoms with E-state index in [1.807, 2.05) is 0 Å². The zero-order chi connectivity index (χ0) is 21.4. The van der Waals surface area contributed by atoms with Crippen LogP contribution in [0.5, 0.6) is 11.5 Å². The van der Waals surface area contributed by atoms with Gasteiger partial charge in [0.1, 0.15) is 4.90 Å². The van der Waals surface area contributed by atoms with Gasteiger partial charge in [-0.1, -0.05) is 17.7 Å². The van der Waals surface area contributed by atoms with E-state index in [2.05, 4.69) is 0 Å². The van der Waals surface area contributed by atoms with Gasteiger partial charge in [0.15, 0.2) is 11.5 Å². The molecule has 0 radical (unpaired) electrons. The van der Waals surface area contributed by atoms with Crippen molar-refractivity contribution in [2.45, 2.75) is 30.0 Å². The van der Waals surface area contributed by atoms with E-state index >= 15 is 0 Å². The Morgan fingerprint density at radius 2 is 1.76 bits per heavy atom. The third-order valence-corrected chi connectivity index (χ3v) is 7.23. The van der Waals surface area contributed by atoms with Crippen LogP contribution in [0.3, 0.4) is 0 Å². The zero-order valence-corrected chi connectivity index (χ0v) is 17.2. The summed E-state index contributed by atoms with van der Waals surface area (Å²) in [4.78, 5) is -0.554. The first-order chi connectivity index (χ1) is 13.6. The molecule has 5 nitrogen and oxygen atoms in total. The number of rotatable bonds is 5. The Balaban J connectivity index is 2.03. The Hall–Kier alpha value is -1.97. The highest BCUT2D eigenvalue weighted by molar-refractivity contribution is 7.89. The van der Waals surface area contributed by atoms with E-state index in [1.54, 1.807) is 18.2 Å². The molecule has 1 aliphatic heterocycles. The molecule has 0 aromatic heterocycles. The molecule has 0 amide bonds. The summed E-state index contributed by atoms with van der Waals surface area (Å²) in [5.41, 5.74) is -0.408. The Labute approximate surface area is 172 Å². The van der Waals surface area contributed by atoms with Crippen molar-refractivity contribution >= 4 is 21.6 Å². The Kier molecular flexibility index (Phi) is 6.03. The third kappa shape index (κ3) is 4.17. The van der Waals surface area contributed by atoms with E-state index in [0.29, 0.717) is 36.0 Å². The van der Waals surface area contributed by atoms with Gasteiger partial charge in [0, 0.05) is 6.54 Å². The summed E-state index contributed by atoms with van der Waals surface area (Å²) < 4.78 is 77.3. The fraction of sp³-hybridized carbons (Fsp3) is 0.368. The maximum absolute atomic E-state index is 13.2. The standard InChI is InChI=1S/C19H19ClF3NO4S/c1-27-16-8-5-12(10-17(16)28-2)15-4-3-9-24(15)29(25,26)18-11-13(19(21,22)23)6-7-14(18)20/h5-8,10-11,15H,3-4,9H2,1-2H3. The summed E-state index contributed by atoms with van der Waals surface area (Å²) >= 11 is 5.98. The molecule has 0 aliphatic carbocycles. The van der Waals surface area contributed by atoms with Gasteiger partial charge < -0.3 is 9.47 Å². The van der Waals surface area contributed by atoms with Crippen molar-refractivity contribution in [1.29, 1.82) is 0 Å². The van der Waals surface area contributed by atoms with Crippen LogP contribution in [-0.2, 0) is 16.2 Å². The normalized spacial score (nSPS) is 18.1. The lowest BCUT2D eigenvalue weighted by atomic mass is 10.0. The van der Waals surface area contributed by atoms with Crippen LogP contribution in [0.15, 0.2) is 41.3 Å². The van der Waals surface area contributed by atoms with Gasteiger partial charge in [-0.05, 0) is 48.7 Å². The smallest absolute Gasteiger partial charge is 0.416 e. The molecular weight excluding hydrogens is 431 g/mol. The first kappa shape index (κ1) is 21.7. The van der Waals surface area contributed by atoms with Crippen LogP contribution >= 0.6 is 11.6 Å². The maximum Gasteiger partial charge on any atom is 0.416 e. The van der Waals surface area contributed by atoms with Gasteiger partial charge in [-0.2, -0.15) is 17.5 Å².